The molecule has 112 valence electrons. The molecule has 1 aromatic rings. The quantitative estimate of drug-likeness (QED) is 0.843. The van der Waals surface area contributed by atoms with Crippen molar-refractivity contribution in [1.29, 1.82) is 0 Å². The van der Waals surface area contributed by atoms with Crippen LogP contribution in [0.15, 0.2) is 29.2 Å². The van der Waals surface area contributed by atoms with Gasteiger partial charge in [0.2, 0.25) is 0 Å². The summed E-state index contributed by atoms with van der Waals surface area (Å²) in [6.45, 7) is 1.66. The number of hydrogen-bond donors (Lipinski definition) is 1. The number of hydrogen-bond acceptors (Lipinski definition) is 3. The number of benzene rings is 1. The van der Waals surface area contributed by atoms with Crippen molar-refractivity contribution in [2.24, 2.45) is 5.92 Å². The largest absolute Gasteiger partial charge is 0.382 e. The van der Waals surface area contributed by atoms with Crippen LogP contribution >= 0.6 is 11.6 Å². The Hall–Kier alpha value is -0.740. The van der Waals surface area contributed by atoms with Gasteiger partial charge in [0.25, 0.3) is 0 Å². The monoisotopic (exact) mass is 315 g/mol. The third kappa shape index (κ3) is 3.67. The van der Waals surface area contributed by atoms with E-state index in [9.17, 15) is 8.42 Å². The minimum Gasteiger partial charge on any atom is -0.382 e. The fourth-order valence-electron chi connectivity index (χ4n) is 2.72. The molecule has 0 amide bonds. The van der Waals surface area contributed by atoms with E-state index in [-0.39, 0.29) is 5.75 Å². The second-order valence-corrected chi connectivity index (χ2v) is 7.96. The van der Waals surface area contributed by atoms with Gasteiger partial charge >= 0.3 is 0 Å². The molecular weight excluding hydrogens is 294 g/mol. The number of alkyl halides is 1. The molecule has 0 heterocycles. The fourth-order valence-corrected chi connectivity index (χ4v) is 3.98. The molecule has 3 nitrogen and oxygen atoms in total. The Morgan fingerprint density at radius 1 is 1.20 bits per heavy atom. The Morgan fingerprint density at radius 3 is 2.45 bits per heavy atom. The van der Waals surface area contributed by atoms with Gasteiger partial charge in [-0.25, -0.2) is 8.42 Å². The van der Waals surface area contributed by atoms with Crippen LogP contribution in [0.2, 0.25) is 0 Å². The van der Waals surface area contributed by atoms with Crippen molar-refractivity contribution in [2.45, 2.75) is 43.5 Å². The number of sulfone groups is 1. The summed E-state index contributed by atoms with van der Waals surface area (Å²) < 4.78 is 23.5. The first kappa shape index (κ1) is 15.6. The first-order valence-electron chi connectivity index (χ1n) is 7.22. The molecule has 20 heavy (non-hydrogen) atoms. The van der Waals surface area contributed by atoms with Gasteiger partial charge in [-0.3, -0.25) is 0 Å². The minimum atomic E-state index is -3.11. The highest BCUT2D eigenvalue weighted by Crippen LogP contribution is 2.28. The van der Waals surface area contributed by atoms with E-state index in [1.54, 1.807) is 19.1 Å². The molecule has 1 fully saturated rings. The third-order valence-corrected chi connectivity index (χ3v) is 6.20. The zero-order valence-corrected chi connectivity index (χ0v) is 13.4. The molecule has 1 aliphatic carbocycles. The minimum absolute atomic E-state index is 0.136. The average molecular weight is 316 g/mol. The number of halogens is 1. The fraction of sp³-hybridized carbons (Fsp3) is 0.600. The van der Waals surface area contributed by atoms with Gasteiger partial charge in [-0.2, -0.15) is 0 Å². The molecule has 2 unspecified atom stereocenters. The van der Waals surface area contributed by atoms with Crippen molar-refractivity contribution >= 4 is 27.1 Å². The van der Waals surface area contributed by atoms with Gasteiger partial charge < -0.3 is 5.32 Å². The molecule has 5 heteroatoms. The predicted molar refractivity (Wildman–Crippen MR) is 84.3 cm³/mol. The van der Waals surface area contributed by atoms with Crippen molar-refractivity contribution < 1.29 is 8.42 Å². The second kappa shape index (κ2) is 6.81. The van der Waals surface area contributed by atoms with E-state index in [1.807, 2.05) is 12.1 Å². The number of anilines is 1. The Morgan fingerprint density at radius 2 is 1.85 bits per heavy atom. The van der Waals surface area contributed by atoms with Crippen LogP contribution in [0.3, 0.4) is 0 Å². The summed E-state index contributed by atoms with van der Waals surface area (Å²) in [5, 5.41) is 3.50. The van der Waals surface area contributed by atoms with Gasteiger partial charge in [-0.05, 0) is 43.0 Å². The summed E-state index contributed by atoms with van der Waals surface area (Å²) in [4.78, 5) is 0.392. The summed E-state index contributed by atoms with van der Waals surface area (Å²) in [6.07, 6.45) is 4.78. The van der Waals surface area contributed by atoms with Crippen molar-refractivity contribution in [3.63, 3.8) is 0 Å². The standard InChI is InChI=1S/C15H22ClNO2S/c1-2-20(18,19)14-9-7-13(8-10-14)17-15-6-4-3-5-12(15)11-16/h7-10,12,15,17H,2-6,11H2,1H3. The van der Waals surface area contributed by atoms with Crippen molar-refractivity contribution in [3.8, 4) is 0 Å². The second-order valence-electron chi connectivity index (χ2n) is 5.38. The summed E-state index contributed by atoms with van der Waals surface area (Å²) in [5.41, 5.74) is 0.974. The van der Waals surface area contributed by atoms with Crippen LogP contribution in [0, 0.1) is 5.92 Å². The zero-order chi connectivity index (χ0) is 14.6. The summed E-state index contributed by atoms with van der Waals surface area (Å²) in [5.74, 6) is 1.32. The van der Waals surface area contributed by atoms with Crippen LogP contribution < -0.4 is 5.32 Å². The Bertz CT molecular complexity index is 527. The van der Waals surface area contributed by atoms with Crippen molar-refractivity contribution in [3.05, 3.63) is 24.3 Å². The molecule has 0 bridgehead atoms. The lowest BCUT2D eigenvalue weighted by Crippen LogP contribution is -2.33. The molecule has 1 saturated carbocycles. The van der Waals surface area contributed by atoms with Crippen molar-refractivity contribution in [1.82, 2.24) is 0 Å². The van der Waals surface area contributed by atoms with Crippen LogP contribution in [-0.4, -0.2) is 26.1 Å². The molecule has 2 rings (SSSR count). The smallest absolute Gasteiger partial charge is 0.178 e. The molecular formula is C15H22ClNO2S. The first-order valence-corrected chi connectivity index (χ1v) is 9.41. The van der Waals surface area contributed by atoms with Crippen LogP contribution in [-0.2, 0) is 9.84 Å². The van der Waals surface area contributed by atoms with Crippen molar-refractivity contribution in [2.75, 3.05) is 16.9 Å². The van der Waals surface area contributed by atoms with Crippen LogP contribution in [0.1, 0.15) is 32.6 Å². The third-order valence-electron chi connectivity index (χ3n) is 4.05. The van der Waals surface area contributed by atoms with Gasteiger partial charge in [0.05, 0.1) is 10.6 Å². The van der Waals surface area contributed by atoms with E-state index >= 15 is 0 Å². The van der Waals surface area contributed by atoms with Gasteiger partial charge in [0.15, 0.2) is 9.84 Å². The highest BCUT2D eigenvalue weighted by Gasteiger charge is 2.24. The van der Waals surface area contributed by atoms with E-state index < -0.39 is 9.84 Å². The summed E-state index contributed by atoms with van der Waals surface area (Å²) in [6, 6.07) is 7.46. The average Bonchev–Trinajstić information content (AvgIpc) is 2.48. The van der Waals surface area contributed by atoms with E-state index in [0.29, 0.717) is 22.7 Å². The highest BCUT2D eigenvalue weighted by atomic mass is 35.5. The number of rotatable bonds is 5. The lowest BCUT2D eigenvalue weighted by Gasteiger charge is -2.31. The van der Waals surface area contributed by atoms with Gasteiger partial charge in [-0.1, -0.05) is 19.8 Å². The molecule has 0 radical (unpaired) electrons. The lowest BCUT2D eigenvalue weighted by molar-refractivity contribution is 0.353. The van der Waals surface area contributed by atoms with Gasteiger partial charge in [0, 0.05) is 17.6 Å². The van der Waals surface area contributed by atoms with E-state index in [4.69, 9.17) is 11.6 Å². The summed E-state index contributed by atoms with van der Waals surface area (Å²) in [7, 11) is -3.11. The SMILES string of the molecule is CCS(=O)(=O)c1ccc(NC2CCCCC2CCl)cc1. The Labute approximate surface area is 126 Å². The Kier molecular flexibility index (Phi) is 5.33. The van der Waals surface area contributed by atoms with Crippen LogP contribution in [0.5, 0.6) is 0 Å². The predicted octanol–water partition coefficient (Wildman–Crippen LogP) is 3.69. The molecule has 1 aromatic carbocycles. The highest BCUT2D eigenvalue weighted by molar-refractivity contribution is 7.91. The van der Waals surface area contributed by atoms with E-state index in [1.165, 1.54) is 19.3 Å². The first-order chi connectivity index (χ1) is 9.56. The topological polar surface area (TPSA) is 46.2 Å². The van der Waals surface area contributed by atoms with Crippen LogP contribution in [0.4, 0.5) is 5.69 Å². The van der Waals surface area contributed by atoms with E-state index in [0.717, 1.165) is 12.1 Å². The molecule has 0 saturated heterocycles. The molecule has 0 aromatic heterocycles. The maximum atomic E-state index is 11.8. The molecule has 1 N–H and O–H groups in total. The summed E-state index contributed by atoms with van der Waals surface area (Å²) >= 11 is 6.03. The molecule has 0 aliphatic heterocycles. The maximum absolute atomic E-state index is 11.8. The van der Waals surface area contributed by atoms with Crippen LogP contribution in [0.25, 0.3) is 0 Å². The molecule has 2 atom stereocenters. The lowest BCUT2D eigenvalue weighted by atomic mass is 9.85. The zero-order valence-electron chi connectivity index (χ0n) is 11.8. The normalized spacial score (nSPS) is 23.5. The maximum Gasteiger partial charge on any atom is 0.178 e. The molecule has 1 aliphatic rings. The molecule has 0 spiro atoms. The van der Waals surface area contributed by atoms with Gasteiger partial charge in [0.1, 0.15) is 0 Å². The van der Waals surface area contributed by atoms with E-state index in [2.05, 4.69) is 5.32 Å². The Balaban J connectivity index is 2.07. The van der Waals surface area contributed by atoms with Gasteiger partial charge in [-0.15, -0.1) is 11.6 Å². The number of nitrogens with one attached hydrogen (secondary N) is 1.